The van der Waals surface area contributed by atoms with Crippen LogP contribution in [0.1, 0.15) is 26.2 Å². The summed E-state index contributed by atoms with van der Waals surface area (Å²) in [7, 11) is 1.81. The third kappa shape index (κ3) is 2.36. The van der Waals surface area contributed by atoms with Gasteiger partial charge in [-0.05, 0) is 6.42 Å². The van der Waals surface area contributed by atoms with Gasteiger partial charge in [0.2, 0.25) is 0 Å². The molecule has 1 N–H and O–H groups in total. The number of hydrogen-bond donors (Lipinski definition) is 1. The maximum Gasteiger partial charge on any atom is 0.177 e. The van der Waals surface area contributed by atoms with Crippen molar-refractivity contribution in [2.45, 2.75) is 26.2 Å². The van der Waals surface area contributed by atoms with Crippen LogP contribution in [0.15, 0.2) is 12.7 Å². The van der Waals surface area contributed by atoms with E-state index < -0.39 is 0 Å². The van der Waals surface area contributed by atoms with Gasteiger partial charge in [-0.1, -0.05) is 19.3 Å². The second-order valence-corrected chi connectivity index (χ2v) is 3.65. The summed E-state index contributed by atoms with van der Waals surface area (Å²) in [6.45, 7) is 2.15. The van der Waals surface area contributed by atoms with Crippen molar-refractivity contribution in [3.05, 3.63) is 12.7 Å². The van der Waals surface area contributed by atoms with Gasteiger partial charge in [0.1, 0.15) is 12.7 Å². The molecule has 88 valence electrons. The third-order valence-electron chi connectivity index (χ3n) is 2.43. The van der Waals surface area contributed by atoms with E-state index in [-0.39, 0.29) is 0 Å². The highest BCUT2D eigenvalue weighted by molar-refractivity contribution is 5.83. The van der Waals surface area contributed by atoms with E-state index in [9.17, 15) is 0 Å². The average Bonchev–Trinajstić information content (AvgIpc) is 2.78. The number of unbranched alkanes of at least 4 members (excludes halogenated alkanes) is 2. The SMILES string of the molecule is CCCCC#Cn1cnc2c(NC)ncnc21. The average molecular weight is 229 g/mol. The van der Waals surface area contributed by atoms with Crippen LogP contribution in [0.25, 0.3) is 11.2 Å². The molecule has 0 fully saturated rings. The first kappa shape index (κ1) is 11.4. The molecule has 0 aliphatic rings. The summed E-state index contributed by atoms with van der Waals surface area (Å²) in [5.41, 5.74) is 1.49. The van der Waals surface area contributed by atoms with Crippen LogP contribution in [0.2, 0.25) is 0 Å². The van der Waals surface area contributed by atoms with Gasteiger partial charge in [-0.2, -0.15) is 0 Å². The second-order valence-electron chi connectivity index (χ2n) is 3.65. The van der Waals surface area contributed by atoms with Gasteiger partial charge in [0.25, 0.3) is 0 Å². The minimum absolute atomic E-state index is 0.726. The molecule has 5 nitrogen and oxygen atoms in total. The quantitative estimate of drug-likeness (QED) is 0.645. The number of nitrogens with one attached hydrogen (secondary N) is 1. The lowest BCUT2D eigenvalue weighted by Gasteiger charge is -1.97. The first-order valence-electron chi connectivity index (χ1n) is 5.71. The first-order valence-corrected chi connectivity index (χ1v) is 5.71. The monoisotopic (exact) mass is 229 g/mol. The van der Waals surface area contributed by atoms with Gasteiger partial charge in [-0.25, -0.2) is 19.5 Å². The smallest absolute Gasteiger partial charge is 0.177 e. The Balaban J connectivity index is 2.32. The predicted octanol–water partition coefficient (Wildman–Crippen LogP) is 1.87. The van der Waals surface area contributed by atoms with Crippen molar-refractivity contribution < 1.29 is 0 Å². The van der Waals surface area contributed by atoms with E-state index >= 15 is 0 Å². The van der Waals surface area contributed by atoms with E-state index in [0.717, 1.165) is 36.2 Å². The minimum Gasteiger partial charge on any atom is -0.371 e. The maximum absolute atomic E-state index is 4.26. The van der Waals surface area contributed by atoms with Crippen LogP contribution in [0.4, 0.5) is 5.82 Å². The van der Waals surface area contributed by atoms with Crippen LogP contribution in [0, 0.1) is 12.0 Å². The summed E-state index contributed by atoms with van der Waals surface area (Å²) in [4.78, 5) is 12.6. The molecule has 0 saturated carbocycles. The van der Waals surface area contributed by atoms with Crippen molar-refractivity contribution in [3.63, 3.8) is 0 Å². The van der Waals surface area contributed by atoms with E-state index in [4.69, 9.17) is 0 Å². The van der Waals surface area contributed by atoms with Gasteiger partial charge in [-0.15, -0.1) is 0 Å². The number of rotatable bonds is 3. The van der Waals surface area contributed by atoms with Crippen LogP contribution >= 0.6 is 0 Å². The summed E-state index contributed by atoms with van der Waals surface area (Å²) < 4.78 is 1.74. The number of fused-ring (bicyclic) bond motifs is 1. The molecule has 0 amide bonds. The highest BCUT2D eigenvalue weighted by atomic mass is 15.1. The van der Waals surface area contributed by atoms with Crippen molar-refractivity contribution in [2.24, 2.45) is 0 Å². The first-order chi connectivity index (χ1) is 8.36. The molecule has 0 aliphatic heterocycles. The largest absolute Gasteiger partial charge is 0.371 e. The summed E-state index contributed by atoms with van der Waals surface area (Å²) in [5.74, 6) is 3.84. The van der Waals surface area contributed by atoms with Crippen molar-refractivity contribution in [2.75, 3.05) is 12.4 Å². The molecule has 2 rings (SSSR count). The van der Waals surface area contributed by atoms with Crippen molar-refractivity contribution in [3.8, 4) is 12.0 Å². The Bertz CT molecular complexity index is 561. The fraction of sp³-hybridized carbons (Fsp3) is 0.417. The lowest BCUT2D eigenvalue weighted by molar-refractivity contribution is 0.827. The van der Waals surface area contributed by atoms with E-state index in [2.05, 4.69) is 39.2 Å². The maximum atomic E-state index is 4.26. The Labute approximate surface area is 100 Å². The zero-order valence-corrected chi connectivity index (χ0v) is 10.1. The van der Waals surface area contributed by atoms with Gasteiger partial charge in [0.15, 0.2) is 17.0 Å². The molecule has 2 aromatic heterocycles. The fourth-order valence-corrected chi connectivity index (χ4v) is 1.51. The molecule has 0 atom stereocenters. The van der Waals surface area contributed by atoms with E-state index in [1.54, 1.807) is 10.9 Å². The molecule has 17 heavy (non-hydrogen) atoms. The Hall–Kier alpha value is -2.09. The molecule has 2 aromatic rings. The number of hydrogen-bond acceptors (Lipinski definition) is 4. The van der Waals surface area contributed by atoms with Gasteiger partial charge >= 0.3 is 0 Å². The van der Waals surface area contributed by atoms with Crippen LogP contribution in [-0.4, -0.2) is 26.6 Å². The summed E-state index contributed by atoms with van der Waals surface area (Å²) in [6.07, 6.45) is 6.38. The van der Waals surface area contributed by atoms with Gasteiger partial charge in [-0.3, -0.25) is 0 Å². The molecule has 0 unspecified atom stereocenters. The van der Waals surface area contributed by atoms with Crippen LogP contribution in [0.3, 0.4) is 0 Å². The van der Waals surface area contributed by atoms with Crippen molar-refractivity contribution >= 4 is 17.0 Å². The van der Waals surface area contributed by atoms with E-state index in [1.807, 2.05) is 7.05 Å². The highest BCUT2D eigenvalue weighted by Gasteiger charge is 2.06. The number of anilines is 1. The van der Waals surface area contributed by atoms with Crippen LogP contribution < -0.4 is 5.32 Å². The number of aromatic nitrogens is 4. The second kappa shape index (κ2) is 5.30. The zero-order valence-electron chi connectivity index (χ0n) is 10.1. The summed E-state index contributed by atoms with van der Waals surface area (Å²) in [6, 6.07) is 3.04. The molecule has 0 aliphatic carbocycles. The van der Waals surface area contributed by atoms with Crippen molar-refractivity contribution in [1.82, 2.24) is 19.5 Å². The molecular formula is C12H15N5. The molecular weight excluding hydrogens is 214 g/mol. The normalized spacial score (nSPS) is 10.0. The zero-order chi connectivity index (χ0) is 12.1. The van der Waals surface area contributed by atoms with Gasteiger partial charge in [0.05, 0.1) is 0 Å². The number of imidazole rings is 1. The molecule has 0 spiro atoms. The Morgan fingerprint density at radius 1 is 1.35 bits per heavy atom. The van der Waals surface area contributed by atoms with E-state index in [0.29, 0.717) is 0 Å². The minimum atomic E-state index is 0.726. The van der Waals surface area contributed by atoms with Crippen molar-refractivity contribution in [1.29, 1.82) is 0 Å². The third-order valence-corrected chi connectivity index (χ3v) is 2.43. The highest BCUT2D eigenvalue weighted by Crippen LogP contribution is 2.15. The molecule has 5 heteroatoms. The molecule has 0 bridgehead atoms. The molecule has 2 heterocycles. The Morgan fingerprint density at radius 2 is 2.24 bits per heavy atom. The fourth-order valence-electron chi connectivity index (χ4n) is 1.51. The van der Waals surface area contributed by atoms with Crippen LogP contribution in [-0.2, 0) is 0 Å². The number of nitrogens with zero attached hydrogens (tertiary/aromatic N) is 4. The van der Waals surface area contributed by atoms with Gasteiger partial charge in [0, 0.05) is 19.5 Å². The van der Waals surface area contributed by atoms with E-state index in [1.165, 1.54) is 6.33 Å². The van der Waals surface area contributed by atoms with Crippen LogP contribution in [0.5, 0.6) is 0 Å². The predicted molar refractivity (Wildman–Crippen MR) is 67.6 cm³/mol. The summed E-state index contributed by atoms with van der Waals surface area (Å²) >= 11 is 0. The van der Waals surface area contributed by atoms with Gasteiger partial charge < -0.3 is 5.32 Å². The standard InChI is InChI=1S/C12H15N5/c1-3-4-5-6-7-17-9-16-10-11(13-2)14-8-15-12(10)17/h8-9H,3-5H2,1-2H3,(H,13,14,15). The molecule has 0 saturated heterocycles. The molecule has 0 aromatic carbocycles. The lowest BCUT2D eigenvalue weighted by atomic mass is 10.3. The Morgan fingerprint density at radius 3 is 3.00 bits per heavy atom. The Kier molecular flexibility index (Phi) is 3.55. The topological polar surface area (TPSA) is 55.6 Å². The lowest BCUT2D eigenvalue weighted by Crippen LogP contribution is -1.95. The summed E-state index contributed by atoms with van der Waals surface area (Å²) in [5, 5.41) is 2.98. The molecule has 0 radical (unpaired) electrons.